The molecule has 16 heavy (non-hydrogen) atoms. The summed E-state index contributed by atoms with van der Waals surface area (Å²) in [6.45, 7) is 0. The summed E-state index contributed by atoms with van der Waals surface area (Å²) in [6.07, 6.45) is -8.05. The van der Waals surface area contributed by atoms with Gasteiger partial charge in [-0.3, -0.25) is 0 Å². The Morgan fingerprint density at radius 1 is 1.38 bits per heavy atom. The van der Waals surface area contributed by atoms with Crippen LogP contribution in [-0.2, 0) is 0 Å². The van der Waals surface area contributed by atoms with Crippen LogP contribution in [0.25, 0.3) is 0 Å². The summed E-state index contributed by atoms with van der Waals surface area (Å²) >= 11 is 1.30. The highest BCUT2D eigenvalue weighted by Crippen LogP contribution is 2.34. The molecule has 0 spiro atoms. The number of alkyl halides is 5. The van der Waals surface area contributed by atoms with Gasteiger partial charge in [-0.1, -0.05) is 0 Å². The molecule has 0 saturated carbocycles. The van der Waals surface area contributed by atoms with Crippen LogP contribution >= 0.6 is 22.6 Å². The molecule has 1 rings (SSSR count). The van der Waals surface area contributed by atoms with Crippen molar-refractivity contribution >= 4 is 22.6 Å². The second-order valence-electron chi connectivity index (χ2n) is 2.53. The third kappa shape index (κ3) is 3.32. The molecule has 1 heterocycles. The summed E-state index contributed by atoms with van der Waals surface area (Å²) in [5, 5.41) is 8.99. The number of hydrogen-bond acceptors (Lipinski definition) is 3. The highest BCUT2D eigenvalue weighted by molar-refractivity contribution is 14.1. The molecule has 0 aliphatic carbocycles. The van der Waals surface area contributed by atoms with E-state index in [1.807, 2.05) is 0 Å². The van der Waals surface area contributed by atoms with Crippen LogP contribution in [0, 0.1) is 3.70 Å². The van der Waals surface area contributed by atoms with Crippen LogP contribution in [0.4, 0.5) is 22.0 Å². The molecule has 0 atom stereocenters. The normalized spacial score (nSPS) is 11.9. The van der Waals surface area contributed by atoms with Crippen LogP contribution in [0.5, 0.6) is 11.5 Å². The molecule has 1 N–H and O–H groups in total. The standard InChI is InChI=1S/C7H3F5INO2/c8-5(9)4-2(15)1-3(6(13)14-4)16-7(10,11)12/h1,5,15H. The lowest BCUT2D eigenvalue weighted by atomic mass is 10.3. The molecule has 0 unspecified atom stereocenters. The first-order chi connectivity index (χ1) is 7.20. The quantitative estimate of drug-likeness (QED) is 0.503. The molecule has 90 valence electrons. The molecule has 0 bridgehead atoms. The van der Waals surface area contributed by atoms with Crippen molar-refractivity contribution in [2.24, 2.45) is 0 Å². The van der Waals surface area contributed by atoms with Gasteiger partial charge in [-0.05, 0) is 22.6 Å². The van der Waals surface area contributed by atoms with Crippen molar-refractivity contribution in [1.82, 2.24) is 4.98 Å². The average molecular weight is 355 g/mol. The summed E-state index contributed by atoms with van der Waals surface area (Å²) in [5.41, 5.74) is -0.987. The van der Waals surface area contributed by atoms with Gasteiger partial charge in [0.2, 0.25) is 0 Å². The zero-order chi connectivity index (χ0) is 12.5. The van der Waals surface area contributed by atoms with Crippen molar-refractivity contribution in [1.29, 1.82) is 0 Å². The van der Waals surface area contributed by atoms with E-state index < -0.39 is 33.7 Å². The Balaban J connectivity index is 3.11. The van der Waals surface area contributed by atoms with E-state index in [0.717, 1.165) is 0 Å². The summed E-state index contributed by atoms with van der Waals surface area (Å²) in [7, 11) is 0. The average Bonchev–Trinajstić information content (AvgIpc) is 2.07. The molecule has 0 fully saturated rings. The van der Waals surface area contributed by atoms with Crippen molar-refractivity contribution in [2.75, 3.05) is 0 Å². The van der Waals surface area contributed by atoms with Crippen molar-refractivity contribution in [3.63, 3.8) is 0 Å². The van der Waals surface area contributed by atoms with E-state index in [-0.39, 0.29) is 0 Å². The Morgan fingerprint density at radius 3 is 2.38 bits per heavy atom. The first-order valence-corrected chi connectivity index (χ1v) is 4.72. The highest BCUT2D eigenvalue weighted by Gasteiger charge is 2.33. The maximum absolute atomic E-state index is 12.2. The van der Waals surface area contributed by atoms with Crippen molar-refractivity contribution in [2.45, 2.75) is 12.8 Å². The van der Waals surface area contributed by atoms with Crippen molar-refractivity contribution < 1.29 is 31.8 Å². The van der Waals surface area contributed by atoms with Gasteiger partial charge in [-0.15, -0.1) is 13.2 Å². The zero-order valence-corrected chi connectivity index (χ0v) is 9.38. The number of aromatic hydroxyl groups is 1. The maximum Gasteiger partial charge on any atom is 0.573 e. The molecule has 0 radical (unpaired) electrons. The molecule has 1 aromatic rings. The van der Waals surface area contributed by atoms with Gasteiger partial charge in [-0.2, -0.15) is 0 Å². The van der Waals surface area contributed by atoms with Crippen LogP contribution in [0.15, 0.2) is 6.07 Å². The van der Waals surface area contributed by atoms with E-state index in [1.165, 1.54) is 22.6 Å². The molecular formula is C7H3F5INO2. The largest absolute Gasteiger partial charge is 0.573 e. The molecule has 0 saturated heterocycles. The maximum atomic E-state index is 12.2. The van der Waals surface area contributed by atoms with Crippen molar-refractivity contribution in [3.8, 4) is 11.5 Å². The van der Waals surface area contributed by atoms with Crippen LogP contribution in [0.2, 0.25) is 0 Å². The lowest BCUT2D eigenvalue weighted by Gasteiger charge is -2.11. The number of rotatable bonds is 2. The number of ether oxygens (including phenoxy) is 1. The predicted molar refractivity (Wildman–Crippen MR) is 50.3 cm³/mol. The van der Waals surface area contributed by atoms with Crippen molar-refractivity contribution in [3.05, 3.63) is 15.5 Å². The fourth-order valence-electron chi connectivity index (χ4n) is 0.833. The number of pyridine rings is 1. The molecule has 3 nitrogen and oxygen atoms in total. The van der Waals surface area contributed by atoms with Crippen LogP contribution in [-0.4, -0.2) is 16.5 Å². The smallest absolute Gasteiger partial charge is 0.506 e. The molecule has 0 aliphatic rings. The number of halogens is 6. The van der Waals surface area contributed by atoms with E-state index in [1.54, 1.807) is 0 Å². The fourth-order valence-corrected chi connectivity index (χ4v) is 1.36. The Hall–Kier alpha value is -0.870. The number of aromatic nitrogens is 1. The van der Waals surface area contributed by atoms with Crippen LogP contribution in [0.1, 0.15) is 12.1 Å². The van der Waals surface area contributed by atoms with Gasteiger partial charge in [0.05, 0.1) is 0 Å². The third-order valence-corrected chi connectivity index (χ3v) is 2.16. The molecular weight excluding hydrogens is 352 g/mol. The Labute approximate surface area is 99.4 Å². The van der Waals surface area contributed by atoms with Crippen LogP contribution < -0.4 is 4.74 Å². The van der Waals surface area contributed by atoms with E-state index in [4.69, 9.17) is 5.11 Å². The predicted octanol–water partition coefficient (Wildman–Crippen LogP) is 3.23. The van der Waals surface area contributed by atoms with Gasteiger partial charge < -0.3 is 9.84 Å². The van der Waals surface area contributed by atoms with Crippen LogP contribution in [0.3, 0.4) is 0 Å². The van der Waals surface area contributed by atoms with E-state index >= 15 is 0 Å². The summed E-state index contributed by atoms with van der Waals surface area (Å²) in [5.74, 6) is -1.87. The van der Waals surface area contributed by atoms with Gasteiger partial charge in [0.1, 0.15) is 15.1 Å². The first-order valence-electron chi connectivity index (χ1n) is 3.64. The summed E-state index contributed by atoms with van der Waals surface area (Å²) in [4.78, 5) is 3.12. The first kappa shape index (κ1) is 13.2. The Morgan fingerprint density at radius 2 is 1.94 bits per heavy atom. The number of hydrogen-bond donors (Lipinski definition) is 1. The summed E-state index contributed by atoms with van der Waals surface area (Å²) < 4.78 is 62.9. The van der Waals surface area contributed by atoms with Gasteiger partial charge >= 0.3 is 6.36 Å². The molecule has 0 aromatic carbocycles. The Bertz CT molecular complexity index is 395. The molecule has 0 amide bonds. The van der Waals surface area contributed by atoms with Gasteiger partial charge in [-0.25, -0.2) is 13.8 Å². The molecule has 9 heteroatoms. The van der Waals surface area contributed by atoms with Gasteiger partial charge in [0, 0.05) is 6.07 Å². The fraction of sp³-hybridized carbons (Fsp3) is 0.286. The minimum atomic E-state index is -4.97. The zero-order valence-electron chi connectivity index (χ0n) is 7.23. The van der Waals surface area contributed by atoms with E-state index in [2.05, 4.69) is 9.72 Å². The second kappa shape index (κ2) is 4.55. The van der Waals surface area contributed by atoms with Gasteiger partial charge in [0.15, 0.2) is 5.75 Å². The Kier molecular flexibility index (Phi) is 3.76. The minimum absolute atomic E-state index is 0.414. The third-order valence-electron chi connectivity index (χ3n) is 1.38. The molecule has 0 aliphatic heterocycles. The SMILES string of the molecule is Oc1cc(OC(F)(F)F)c(I)nc1C(F)F. The lowest BCUT2D eigenvalue weighted by molar-refractivity contribution is -0.275. The van der Waals surface area contributed by atoms with E-state index in [0.29, 0.717) is 6.07 Å². The second-order valence-corrected chi connectivity index (χ2v) is 3.55. The lowest BCUT2D eigenvalue weighted by Crippen LogP contribution is -2.18. The topological polar surface area (TPSA) is 42.4 Å². The monoisotopic (exact) mass is 355 g/mol. The highest BCUT2D eigenvalue weighted by atomic mass is 127. The summed E-state index contributed by atoms with van der Waals surface area (Å²) in [6, 6.07) is 0.448. The molecule has 1 aromatic heterocycles. The van der Waals surface area contributed by atoms with Gasteiger partial charge in [0.25, 0.3) is 6.43 Å². The number of nitrogens with zero attached hydrogens (tertiary/aromatic N) is 1. The minimum Gasteiger partial charge on any atom is -0.506 e. The van der Waals surface area contributed by atoms with E-state index in [9.17, 15) is 22.0 Å².